The first kappa shape index (κ1) is 13.3. The van der Waals surface area contributed by atoms with Crippen molar-refractivity contribution in [1.29, 1.82) is 5.26 Å². The first-order valence-electron chi connectivity index (χ1n) is 5.57. The largest absolute Gasteiger partial charge is 0.369 e. The van der Waals surface area contributed by atoms with E-state index in [0.717, 1.165) is 0 Å². The van der Waals surface area contributed by atoms with E-state index in [1.807, 2.05) is 4.90 Å². The highest BCUT2D eigenvalue weighted by Crippen LogP contribution is 2.25. The summed E-state index contributed by atoms with van der Waals surface area (Å²) in [6.07, 6.45) is 0. The molecule has 0 saturated carbocycles. The number of anilines is 1. The summed E-state index contributed by atoms with van der Waals surface area (Å²) in [6.45, 7) is 0.677. The summed E-state index contributed by atoms with van der Waals surface area (Å²) in [5.41, 5.74) is 0.379. The second-order valence-electron chi connectivity index (χ2n) is 4.21. The first-order chi connectivity index (χ1) is 8.93. The number of nitro groups is 1. The number of nitro benzene ring substituents is 1. The number of sulfone groups is 1. The molecule has 1 aliphatic heterocycles. The molecule has 0 aromatic heterocycles. The topological polar surface area (TPSA) is 104 Å². The predicted molar refractivity (Wildman–Crippen MR) is 68.7 cm³/mol. The van der Waals surface area contributed by atoms with Gasteiger partial charge in [-0.25, -0.2) is 8.42 Å². The monoisotopic (exact) mass is 281 g/mol. The van der Waals surface area contributed by atoms with E-state index in [-0.39, 0.29) is 22.8 Å². The summed E-state index contributed by atoms with van der Waals surface area (Å²) < 4.78 is 22.7. The SMILES string of the molecule is N#Cc1cc(N2CCS(=O)(=O)CC2)ccc1[N+](=O)[O-]. The van der Waals surface area contributed by atoms with Crippen molar-refractivity contribution in [2.24, 2.45) is 0 Å². The molecule has 0 bridgehead atoms. The van der Waals surface area contributed by atoms with Gasteiger partial charge in [-0.05, 0) is 12.1 Å². The zero-order valence-corrected chi connectivity index (χ0v) is 10.8. The molecule has 0 aliphatic carbocycles. The molecule has 1 aromatic rings. The van der Waals surface area contributed by atoms with Gasteiger partial charge in [-0.1, -0.05) is 0 Å². The number of hydrogen-bond acceptors (Lipinski definition) is 6. The van der Waals surface area contributed by atoms with Gasteiger partial charge in [0.25, 0.3) is 5.69 Å². The Morgan fingerprint density at radius 2 is 1.95 bits per heavy atom. The number of benzene rings is 1. The zero-order valence-electron chi connectivity index (χ0n) is 9.94. The molecule has 0 amide bonds. The van der Waals surface area contributed by atoms with Gasteiger partial charge in [-0.3, -0.25) is 10.1 Å². The van der Waals surface area contributed by atoms with E-state index in [9.17, 15) is 18.5 Å². The Balaban J connectivity index is 2.28. The molecule has 100 valence electrons. The Morgan fingerprint density at radius 1 is 1.32 bits per heavy atom. The number of rotatable bonds is 2. The van der Waals surface area contributed by atoms with Crippen molar-refractivity contribution in [2.45, 2.75) is 0 Å². The quantitative estimate of drug-likeness (QED) is 0.583. The van der Waals surface area contributed by atoms with Gasteiger partial charge >= 0.3 is 0 Å². The molecule has 0 atom stereocenters. The highest BCUT2D eigenvalue weighted by Gasteiger charge is 2.23. The Bertz CT molecular complexity index is 649. The molecule has 19 heavy (non-hydrogen) atoms. The lowest BCUT2D eigenvalue weighted by atomic mass is 10.1. The van der Waals surface area contributed by atoms with Gasteiger partial charge in [0.2, 0.25) is 0 Å². The number of nitriles is 1. The summed E-state index contributed by atoms with van der Waals surface area (Å²) in [6, 6.07) is 6.03. The van der Waals surface area contributed by atoms with Crippen LogP contribution < -0.4 is 4.90 Å². The Morgan fingerprint density at radius 3 is 2.47 bits per heavy atom. The van der Waals surface area contributed by atoms with E-state index in [1.54, 1.807) is 6.07 Å². The second kappa shape index (κ2) is 4.85. The van der Waals surface area contributed by atoms with Crippen LogP contribution in [0.2, 0.25) is 0 Å². The third-order valence-corrected chi connectivity index (χ3v) is 4.62. The van der Waals surface area contributed by atoms with Crippen LogP contribution in [0.25, 0.3) is 0 Å². The van der Waals surface area contributed by atoms with E-state index < -0.39 is 14.8 Å². The molecule has 1 aromatic carbocycles. The average Bonchev–Trinajstić information content (AvgIpc) is 2.37. The van der Waals surface area contributed by atoms with Crippen LogP contribution in [-0.2, 0) is 9.84 Å². The minimum atomic E-state index is -2.98. The molecule has 8 heteroatoms. The average molecular weight is 281 g/mol. The molecule has 0 N–H and O–H groups in total. The Kier molecular flexibility index (Phi) is 3.40. The third-order valence-electron chi connectivity index (χ3n) is 3.01. The second-order valence-corrected chi connectivity index (χ2v) is 6.51. The van der Waals surface area contributed by atoms with Crippen LogP contribution in [-0.4, -0.2) is 37.9 Å². The summed E-state index contributed by atoms with van der Waals surface area (Å²) in [5, 5.41) is 19.6. The molecule has 0 unspecified atom stereocenters. The van der Waals surface area contributed by atoms with E-state index in [4.69, 9.17) is 5.26 Å². The summed E-state index contributed by atoms with van der Waals surface area (Å²) in [7, 11) is -2.98. The fourth-order valence-corrected chi connectivity index (χ4v) is 3.14. The predicted octanol–water partition coefficient (Wildman–Crippen LogP) is 0.701. The van der Waals surface area contributed by atoms with Crippen molar-refractivity contribution >= 4 is 21.2 Å². The van der Waals surface area contributed by atoms with Crippen molar-refractivity contribution in [3.8, 4) is 6.07 Å². The van der Waals surface area contributed by atoms with Crippen molar-refractivity contribution in [3.05, 3.63) is 33.9 Å². The van der Waals surface area contributed by atoms with Crippen molar-refractivity contribution in [1.82, 2.24) is 0 Å². The molecule has 1 heterocycles. The van der Waals surface area contributed by atoms with Crippen molar-refractivity contribution < 1.29 is 13.3 Å². The van der Waals surface area contributed by atoms with Gasteiger partial charge in [0, 0.05) is 24.8 Å². The third kappa shape index (κ3) is 2.82. The highest BCUT2D eigenvalue weighted by atomic mass is 32.2. The van der Waals surface area contributed by atoms with E-state index >= 15 is 0 Å². The molecule has 2 rings (SSSR count). The van der Waals surface area contributed by atoms with Crippen LogP contribution in [0.5, 0.6) is 0 Å². The Labute approximate surface area is 110 Å². The summed E-state index contributed by atoms with van der Waals surface area (Å²) in [4.78, 5) is 11.9. The molecule has 1 saturated heterocycles. The standard InChI is InChI=1S/C11H11N3O4S/c12-8-9-7-10(1-2-11(9)14(15)16)13-3-5-19(17,18)6-4-13/h1-2,7H,3-6H2. The van der Waals surface area contributed by atoms with Crippen LogP contribution in [0.4, 0.5) is 11.4 Å². The maximum absolute atomic E-state index is 11.3. The Hall–Kier alpha value is -2.14. The van der Waals surface area contributed by atoms with Crippen LogP contribution in [0, 0.1) is 21.4 Å². The smallest absolute Gasteiger partial charge is 0.287 e. The minimum absolute atomic E-state index is 0.0177. The molecule has 1 fully saturated rings. The normalized spacial score (nSPS) is 17.7. The number of hydrogen-bond donors (Lipinski definition) is 0. The lowest BCUT2D eigenvalue weighted by molar-refractivity contribution is -0.385. The van der Waals surface area contributed by atoms with E-state index in [0.29, 0.717) is 18.8 Å². The fraction of sp³-hybridized carbons (Fsp3) is 0.364. The summed E-state index contributed by atoms with van der Waals surface area (Å²) >= 11 is 0. The zero-order chi connectivity index (χ0) is 14.0. The molecular formula is C11H11N3O4S. The van der Waals surface area contributed by atoms with Crippen molar-refractivity contribution in [3.63, 3.8) is 0 Å². The van der Waals surface area contributed by atoms with Crippen LogP contribution >= 0.6 is 0 Å². The van der Waals surface area contributed by atoms with Gasteiger partial charge in [-0.15, -0.1) is 0 Å². The van der Waals surface area contributed by atoms with Gasteiger partial charge in [0.1, 0.15) is 11.6 Å². The van der Waals surface area contributed by atoms with Crippen LogP contribution in [0.1, 0.15) is 5.56 Å². The van der Waals surface area contributed by atoms with Crippen molar-refractivity contribution in [2.75, 3.05) is 29.5 Å². The van der Waals surface area contributed by atoms with Gasteiger partial charge in [-0.2, -0.15) is 5.26 Å². The lowest BCUT2D eigenvalue weighted by Gasteiger charge is -2.28. The van der Waals surface area contributed by atoms with Crippen LogP contribution in [0.3, 0.4) is 0 Å². The summed E-state index contributed by atoms with van der Waals surface area (Å²) in [5.74, 6) is 0.123. The fourth-order valence-electron chi connectivity index (χ4n) is 1.94. The van der Waals surface area contributed by atoms with Gasteiger partial charge < -0.3 is 4.90 Å². The molecular weight excluding hydrogens is 270 g/mol. The minimum Gasteiger partial charge on any atom is -0.369 e. The van der Waals surface area contributed by atoms with E-state index in [2.05, 4.69) is 0 Å². The van der Waals surface area contributed by atoms with Gasteiger partial charge in [0.15, 0.2) is 9.84 Å². The molecule has 1 aliphatic rings. The molecule has 0 spiro atoms. The lowest BCUT2D eigenvalue weighted by Crippen LogP contribution is -2.40. The highest BCUT2D eigenvalue weighted by molar-refractivity contribution is 7.91. The molecule has 0 radical (unpaired) electrons. The van der Waals surface area contributed by atoms with Crippen LogP contribution in [0.15, 0.2) is 18.2 Å². The maximum Gasteiger partial charge on any atom is 0.287 e. The maximum atomic E-state index is 11.3. The van der Waals surface area contributed by atoms with Gasteiger partial charge in [0.05, 0.1) is 16.4 Å². The number of nitrogens with zero attached hydrogens (tertiary/aromatic N) is 3. The molecule has 7 nitrogen and oxygen atoms in total. The van der Waals surface area contributed by atoms with E-state index in [1.165, 1.54) is 18.2 Å². The first-order valence-corrected chi connectivity index (χ1v) is 7.39.